The molecule has 1 heterocycles. The number of hydrogen-bond donors (Lipinski definition) is 2. The summed E-state index contributed by atoms with van der Waals surface area (Å²) in [7, 11) is 1.47. The van der Waals surface area contributed by atoms with E-state index in [0.29, 0.717) is 0 Å². The number of nitrogens with zero attached hydrogens (tertiary/aromatic N) is 1. The van der Waals surface area contributed by atoms with E-state index in [1.54, 1.807) is 29.2 Å². The summed E-state index contributed by atoms with van der Waals surface area (Å²) in [5, 5.41) is 8.75. The van der Waals surface area contributed by atoms with Gasteiger partial charge in [-0.15, -0.1) is 0 Å². The summed E-state index contributed by atoms with van der Waals surface area (Å²) < 4.78 is 6.34. The summed E-state index contributed by atoms with van der Waals surface area (Å²) in [6.45, 7) is 0.132. The van der Waals surface area contributed by atoms with Gasteiger partial charge in [0.2, 0.25) is 0 Å². The Kier molecular flexibility index (Phi) is 3.33. The zero-order valence-corrected chi connectivity index (χ0v) is 7.30. The summed E-state index contributed by atoms with van der Waals surface area (Å²) in [5.41, 5.74) is 2.75. The molecule has 0 aliphatic rings. The fourth-order valence-corrected chi connectivity index (χ4v) is 0.931. The SMILES string of the molecule is COCC(Nn1cccc1)C(=O)O. The molecule has 1 aromatic rings. The number of methoxy groups -OCH3 is 1. The summed E-state index contributed by atoms with van der Waals surface area (Å²) in [5.74, 6) is -0.935. The molecule has 0 saturated heterocycles. The second-order valence-corrected chi connectivity index (χ2v) is 2.57. The molecule has 0 saturated carbocycles. The van der Waals surface area contributed by atoms with Gasteiger partial charge in [0.25, 0.3) is 0 Å². The first kappa shape index (κ1) is 9.60. The molecule has 5 nitrogen and oxygen atoms in total. The Bertz CT molecular complexity index is 258. The lowest BCUT2D eigenvalue weighted by Crippen LogP contribution is -2.38. The maximum absolute atomic E-state index is 10.7. The zero-order valence-electron chi connectivity index (χ0n) is 7.30. The van der Waals surface area contributed by atoms with Crippen molar-refractivity contribution >= 4 is 5.97 Å². The first-order valence-electron chi connectivity index (χ1n) is 3.85. The van der Waals surface area contributed by atoms with Crippen LogP contribution in [0.4, 0.5) is 0 Å². The number of hydrogen-bond acceptors (Lipinski definition) is 3. The van der Waals surface area contributed by atoms with E-state index in [1.165, 1.54) is 7.11 Å². The van der Waals surface area contributed by atoms with Gasteiger partial charge in [0.15, 0.2) is 6.04 Å². The molecule has 0 aliphatic heterocycles. The predicted octanol–water partition coefficient (Wildman–Crippen LogP) is 0.131. The van der Waals surface area contributed by atoms with Crippen LogP contribution in [0.5, 0.6) is 0 Å². The molecule has 1 unspecified atom stereocenters. The van der Waals surface area contributed by atoms with Crippen LogP contribution >= 0.6 is 0 Å². The maximum Gasteiger partial charge on any atom is 0.330 e. The van der Waals surface area contributed by atoms with Crippen LogP contribution in [0.25, 0.3) is 0 Å². The van der Waals surface area contributed by atoms with Gasteiger partial charge in [-0.1, -0.05) is 0 Å². The number of rotatable bonds is 5. The van der Waals surface area contributed by atoms with Crippen LogP contribution in [-0.2, 0) is 9.53 Å². The van der Waals surface area contributed by atoms with Gasteiger partial charge in [-0.2, -0.15) is 0 Å². The molecule has 0 fully saturated rings. The number of ether oxygens (including phenoxy) is 1. The Balaban J connectivity index is 2.52. The maximum atomic E-state index is 10.7. The lowest BCUT2D eigenvalue weighted by Gasteiger charge is -2.15. The first-order chi connectivity index (χ1) is 6.24. The van der Waals surface area contributed by atoms with Crippen molar-refractivity contribution in [3.05, 3.63) is 24.5 Å². The fourth-order valence-electron chi connectivity index (χ4n) is 0.931. The molecule has 1 atom stereocenters. The number of carboxylic acid groups (broad SMARTS) is 1. The lowest BCUT2D eigenvalue weighted by atomic mass is 10.3. The molecule has 5 heteroatoms. The van der Waals surface area contributed by atoms with E-state index in [1.807, 2.05) is 0 Å². The molecule has 0 spiro atoms. The quantitative estimate of drug-likeness (QED) is 0.682. The van der Waals surface area contributed by atoms with E-state index in [0.717, 1.165) is 0 Å². The minimum atomic E-state index is -0.935. The van der Waals surface area contributed by atoms with Gasteiger partial charge in [-0.3, -0.25) is 4.68 Å². The van der Waals surface area contributed by atoms with Gasteiger partial charge >= 0.3 is 5.97 Å². The van der Waals surface area contributed by atoms with Crippen molar-refractivity contribution in [1.29, 1.82) is 0 Å². The van der Waals surface area contributed by atoms with Gasteiger partial charge in [0.05, 0.1) is 6.61 Å². The number of nitrogens with one attached hydrogen (secondary N) is 1. The Hall–Kier alpha value is -1.49. The van der Waals surface area contributed by atoms with Crippen molar-refractivity contribution in [2.24, 2.45) is 0 Å². The van der Waals surface area contributed by atoms with Crippen molar-refractivity contribution in [3.8, 4) is 0 Å². The standard InChI is InChI=1S/C8H12N2O3/c1-13-6-7(8(11)12)9-10-4-2-3-5-10/h2-5,7,9H,6H2,1H3,(H,11,12). The molecule has 13 heavy (non-hydrogen) atoms. The summed E-state index contributed by atoms with van der Waals surface area (Å²) in [6, 6.07) is 2.88. The van der Waals surface area contributed by atoms with Crippen LogP contribution in [0, 0.1) is 0 Å². The smallest absolute Gasteiger partial charge is 0.330 e. The first-order valence-corrected chi connectivity index (χ1v) is 3.85. The highest BCUT2D eigenvalue weighted by Crippen LogP contribution is 1.91. The number of aromatic nitrogens is 1. The highest BCUT2D eigenvalue weighted by atomic mass is 16.5. The Morgan fingerprint density at radius 1 is 1.62 bits per heavy atom. The third-order valence-corrected chi connectivity index (χ3v) is 1.54. The molecule has 0 aliphatic carbocycles. The van der Waals surface area contributed by atoms with E-state index in [4.69, 9.17) is 9.84 Å². The molecule has 0 amide bonds. The molecule has 0 bridgehead atoms. The number of carboxylic acids is 1. The van der Waals surface area contributed by atoms with E-state index in [2.05, 4.69) is 5.43 Å². The van der Waals surface area contributed by atoms with E-state index in [9.17, 15) is 4.79 Å². The highest BCUT2D eigenvalue weighted by molar-refractivity contribution is 5.75. The highest BCUT2D eigenvalue weighted by Gasteiger charge is 2.15. The van der Waals surface area contributed by atoms with Gasteiger partial charge in [0, 0.05) is 19.5 Å². The van der Waals surface area contributed by atoms with Gasteiger partial charge in [-0.05, 0) is 12.1 Å². The molecule has 1 aromatic heterocycles. The summed E-state index contributed by atoms with van der Waals surface area (Å²) in [6.07, 6.45) is 3.46. The fraction of sp³-hybridized carbons (Fsp3) is 0.375. The Morgan fingerprint density at radius 3 is 2.69 bits per heavy atom. The number of carbonyl (C=O) groups is 1. The van der Waals surface area contributed by atoms with E-state index in [-0.39, 0.29) is 6.61 Å². The molecule has 72 valence electrons. The van der Waals surface area contributed by atoms with Crippen molar-refractivity contribution in [2.45, 2.75) is 6.04 Å². The predicted molar refractivity (Wildman–Crippen MR) is 47.1 cm³/mol. The van der Waals surface area contributed by atoms with Crippen LogP contribution < -0.4 is 5.43 Å². The van der Waals surface area contributed by atoms with Crippen molar-refractivity contribution in [3.63, 3.8) is 0 Å². The third-order valence-electron chi connectivity index (χ3n) is 1.54. The molecule has 2 N–H and O–H groups in total. The van der Waals surface area contributed by atoms with Crippen LogP contribution in [0.15, 0.2) is 24.5 Å². The topological polar surface area (TPSA) is 63.5 Å². The average molecular weight is 184 g/mol. The summed E-state index contributed by atoms with van der Waals surface area (Å²) >= 11 is 0. The average Bonchev–Trinajstić information content (AvgIpc) is 2.56. The van der Waals surface area contributed by atoms with Crippen LogP contribution in [-0.4, -0.2) is 35.5 Å². The van der Waals surface area contributed by atoms with Crippen molar-refractivity contribution in [1.82, 2.24) is 4.68 Å². The van der Waals surface area contributed by atoms with E-state index < -0.39 is 12.0 Å². The second kappa shape index (κ2) is 4.51. The van der Waals surface area contributed by atoms with Crippen LogP contribution in [0.1, 0.15) is 0 Å². The lowest BCUT2D eigenvalue weighted by molar-refractivity contribution is -0.139. The van der Waals surface area contributed by atoms with Gasteiger partial charge in [-0.25, -0.2) is 4.79 Å². The monoisotopic (exact) mass is 184 g/mol. The molecule has 1 rings (SSSR count). The minimum Gasteiger partial charge on any atom is -0.480 e. The molecular weight excluding hydrogens is 172 g/mol. The van der Waals surface area contributed by atoms with Crippen LogP contribution in [0.3, 0.4) is 0 Å². The summed E-state index contributed by atoms with van der Waals surface area (Å²) in [4.78, 5) is 10.7. The second-order valence-electron chi connectivity index (χ2n) is 2.57. The Morgan fingerprint density at radius 2 is 2.23 bits per heavy atom. The zero-order chi connectivity index (χ0) is 9.68. The van der Waals surface area contributed by atoms with Gasteiger partial charge < -0.3 is 15.3 Å². The molecule has 0 aromatic carbocycles. The Labute approximate surface area is 75.9 Å². The molecular formula is C8H12N2O3. The normalized spacial score (nSPS) is 12.4. The van der Waals surface area contributed by atoms with E-state index >= 15 is 0 Å². The number of aliphatic carboxylic acids is 1. The van der Waals surface area contributed by atoms with Crippen LogP contribution in [0.2, 0.25) is 0 Å². The minimum absolute atomic E-state index is 0.132. The van der Waals surface area contributed by atoms with Crippen molar-refractivity contribution in [2.75, 3.05) is 19.1 Å². The molecule has 0 radical (unpaired) electrons. The largest absolute Gasteiger partial charge is 0.480 e. The van der Waals surface area contributed by atoms with Gasteiger partial charge in [0.1, 0.15) is 0 Å². The third kappa shape index (κ3) is 2.79. The van der Waals surface area contributed by atoms with Crippen molar-refractivity contribution < 1.29 is 14.6 Å².